The summed E-state index contributed by atoms with van der Waals surface area (Å²) in [6.45, 7) is 0. The Hall–Kier alpha value is -1.48. The molecule has 1 aromatic carbocycles. The van der Waals surface area contributed by atoms with E-state index < -0.39 is 0 Å². The van der Waals surface area contributed by atoms with E-state index in [0.717, 1.165) is 12.8 Å². The Bertz CT molecular complexity index is 457. The van der Waals surface area contributed by atoms with Crippen LogP contribution in [0.25, 0.3) is 0 Å². The van der Waals surface area contributed by atoms with Crippen molar-refractivity contribution in [3.8, 4) is 5.75 Å². The first-order valence-electron chi connectivity index (χ1n) is 5.60. The Morgan fingerprint density at radius 1 is 1.53 bits per heavy atom. The van der Waals surface area contributed by atoms with Crippen LogP contribution in [0.2, 0.25) is 5.02 Å². The first kappa shape index (κ1) is 12.0. The zero-order valence-electron chi connectivity index (χ0n) is 9.32. The number of halogens is 1. The van der Waals surface area contributed by atoms with Crippen LogP contribution in [0, 0.1) is 5.92 Å². The second kappa shape index (κ2) is 5.23. The molecule has 0 fully saturated rings. The lowest BCUT2D eigenvalue weighted by Gasteiger charge is -2.09. The third kappa shape index (κ3) is 3.24. The van der Waals surface area contributed by atoms with Gasteiger partial charge < -0.3 is 10.4 Å². The van der Waals surface area contributed by atoms with Crippen molar-refractivity contribution in [2.45, 2.75) is 19.3 Å². The number of benzene rings is 1. The smallest absolute Gasteiger partial charge is 0.224 e. The molecule has 1 aromatic rings. The largest absolute Gasteiger partial charge is 0.506 e. The molecule has 0 radical (unpaired) electrons. The molecule has 0 bridgehead atoms. The number of anilines is 1. The number of aromatic hydroxyl groups is 1. The molecular weight excluding hydrogens is 238 g/mol. The van der Waals surface area contributed by atoms with Crippen molar-refractivity contribution < 1.29 is 9.90 Å². The normalized spacial score (nSPS) is 18.3. The fraction of sp³-hybridized carbons (Fsp3) is 0.308. The number of allylic oxidation sites excluding steroid dienone is 2. The molecular formula is C13H14ClNO2. The second-order valence-electron chi connectivity index (χ2n) is 4.18. The summed E-state index contributed by atoms with van der Waals surface area (Å²) in [6.07, 6.45) is 6.79. The molecule has 4 heteroatoms. The quantitative estimate of drug-likeness (QED) is 0.639. The van der Waals surface area contributed by atoms with Crippen LogP contribution in [0.3, 0.4) is 0 Å². The van der Waals surface area contributed by atoms with Crippen molar-refractivity contribution in [3.63, 3.8) is 0 Å². The first-order chi connectivity index (χ1) is 8.15. The van der Waals surface area contributed by atoms with E-state index in [1.807, 2.05) is 0 Å². The van der Waals surface area contributed by atoms with Crippen LogP contribution >= 0.6 is 11.6 Å². The van der Waals surface area contributed by atoms with E-state index in [1.165, 1.54) is 6.07 Å². The minimum Gasteiger partial charge on any atom is -0.506 e. The molecule has 0 aliphatic heterocycles. The topological polar surface area (TPSA) is 49.3 Å². The van der Waals surface area contributed by atoms with Crippen LogP contribution in [0.5, 0.6) is 5.75 Å². The molecule has 0 saturated heterocycles. The molecule has 2 N–H and O–H groups in total. The summed E-state index contributed by atoms with van der Waals surface area (Å²) >= 11 is 5.76. The van der Waals surface area contributed by atoms with Gasteiger partial charge in [-0.15, -0.1) is 0 Å². The molecule has 1 atom stereocenters. The first-order valence-corrected chi connectivity index (χ1v) is 5.98. The fourth-order valence-corrected chi connectivity index (χ4v) is 2.08. The highest BCUT2D eigenvalue weighted by Crippen LogP contribution is 2.26. The molecule has 0 aromatic heterocycles. The minimum atomic E-state index is -0.0247. The van der Waals surface area contributed by atoms with E-state index in [2.05, 4.69) is 17.5 Å². The molecule has 1 amide bonds. The SMILES string of the molecule is O=C(CC1C=CCC1)Nc1ccc(O)c(Cl)c1. The van der Waals surface area contributed by atoms with Gasteiger partial charge in [0.05, 0.1) is 5.02 Å². The molecule has 1 unspecified atom stereocenters. The highest BCUT2D eigenvalue weighted by atomic mass is 35.5. The molecule has 0 spiro atoms. The lowest BCUT2D eigenvalue weighted by Crippen LogP contribution is -2.14. The van der Waals surface area contributed by atoms with Gasteiger partial charge in [-0.25, -0.2) is 0 Å². The molecule has 1 aliphatic carbocycles. The number of hydrogen-bond donors (Lipinski definition) is 2. The highest BCUT2D eigenvalue weighted by Gasteiger charge is 2.14. The zero-order chi connectivity index (χ0) is 12.3. The van der Waals surface area contributed by atoms with Gasteiger partial charge in [-0.1, -0.05) is 23.8 Å². The van der Waals surface area contributed by atoms with Gasteiger partial charge in [-0.05, 0) is 37.0 Å². The summed E-state index contributed by atoms with van der Waals surface area (Å²) in [5.74, 6) is 0.342. The van der Waals surface area contributed by atoms with Crippen molar-refractivity contribution in [2.24, 2.45) is 5.92 Å². The van der Waals surface area contributed by atoms with Gasteiger partial charge in [0, 0.05) is 12.1 Å². The molecule has 90 valence electrons. The standard InChI is InChI=1S/C13H14ClNO2/c14-11-8-10(5-6-12(11)16)15-13(17)7-9-3-1-2-4-9/h1,3,5-6,8-9,16H,2,4,7H2,(H,15,17). The van der Waals surface area contributed by atoms with Crippen molar-refractivity contribution in [2.75, 3.05) is 5.32 Å². The van der Waals surface area contributed by atoms with Crippen LogP contribution in [0.1, 0.15) is 19.3 Å². The van der Waals surface area contributed by atoms with Crippen molar-refractivity contribution in [3.05, 3.63) is 35.4 Å². The maximum Gasteiger partial charge on any atom is 0.224 e. The number of hydrogen-bond acceptors (Lipinski definition) is 2. The van der Waals surface area contributed by atoms with Gasteiger partial charge in [0.1, 0.15) is 5.75 Å². The van der Waals surface area contributed by atoms with Crippen LogP contribution in [0.15, 0.2) is 30.4 Å². The summed E-state index contributed by atoms with van der Waals surface area (Å²) < 4.78 is 0. The van der Waals surface area contributed by atoms with Crippen molar-refractivity contribution >= 4 is 23.2 Å². The van der Waals surface area contributed by atoms with E-state index in [4.69, 9.17) is 11.6 Å². The average molecular weight is 252 g/mol. The van der Waals surface area contributed by atoms with E-state index in [1.54, 1.807) is 12.1 Å². The van der Waals surface area contributed by atoms with Crippen molar-refractivity contribution in [1.29, 1.82) is 0 Å². The van der Waals surface area contributed by atoms with E-state index in [0.29, 0.717) is 18.0 Å². The Balaban J connectivity index is 1.93. The molecule has 0 heterocycles. The predicted octanol–water partition coefficient (Wildman–Crippen LogP) is 3.34. The molecule has 17 heavy (non-hydrogen) atoms. The van der Waals surface area contributed by atoms with Crippen LogP contribution in [0.4, 0.5) is 5.69 Å². The average Bonchev–Trinajstić information content (AvgIpc) is 2.76. The lowest BCUT2D eigenvalue weighted by atomic mass is 10.1. The van der Waals surface area contributed by atoms with E-state index >= 15 is 0 Å². The number of phenolic OH excluding ortho intramolecular Hbond substituents is 1. The van der Waals surface area contributed by atoms with Crippen LogP contribution < -0.4 is 5.32 Å². The van der Waals surface area contributed by atoms with Gasteiger partial charge >= 0.3 is 0 Å². The molecule has 3 nitrogen and oxygen atoms in total. The van der Waals surface area contributed by atoms with Gasteiger partial charge in [-0.3, -0.25) is 4.79 Å². The fourth-order valence-electron chi connectivity index (χ4n) is 1.90. The summed E-state index contributed by atoms with van der Waals surface area (Å²) in [7, 11) is 0. The van der Waals surface area contributed by atoms with Gasteiger partial charge in [-0.2, -0.15) is 0 Å². The molecule has 2 rings (SSSR count). The summed E-state index contributed by atoms with van der Waals surface area (Å²) in [5, 5.41) is 12.3. The summed E-state index contributed by atoms with van der Waals surface area (Å²) in [6, 6.07) is 4.64. The Morgan fingerprint density at radius 3 is 3.00 bits per heavy atom. The van der Waals surface area contributed by atoms with Crippen LogP contribution in [-0.4, -0.2) is 11.0 Å². The Labute approximate surface area is 105 Å². The van der Waals surface area contributed by atoms with Gasteiger partial charge in [0.15, 0.2) is 0 Å². The maximum atomic E-state index is 11.7. The van der Waals surface area contributed by atoms with Crippen LogP contribution in [-0.2, 0) is 4.79 Å². The predicted molar refractivity (Wildman–Crippen MR) is 68.2 cm³/mol. The molecule has 1 aliphatic rings. The monoisotopic (exact) mass is 251 g/mol. The number of carbonyl (C=O) groups is 1. The van der Waals surface area contributed by atoms with Crippen molar-refractivity contribution in [1.82, 2.24) is 0 Å². The van der Waals surface area contributed by atoms with Gasteiger partial charge in [0.2, 0.25) is 5.91 Å². The second-order valence-corrected chi connectivity index (χ2v) is 4.59. The number of carbonyl (C=O) groups excluding carboxylic acids is 1. The summed E-state index contributed by atoms with van der Waals surface area (Å²) in [5.41, 5.74) is 0.611. The maximum absolute atomic E-state index is 11.7. The third-order valence-corrected chi connectivity index (χ3v) is 3.09. The number of amides is 1. The minimum absolute atomic E-state index is 0.0170. The van der Waals surface area contributed by atoms with E-state index in [9.17, 15) is 9.90 Å². The number of rotatable bonds is 3. The number of phenols is 1. The number of nitrogens with one attached hydrogen (secondary N) is 1. The Kier molecular flexibility index (Phi) is 3.69. The summed E-state index contributed by atoms with van der Waals surface area (Å²) in [4.78, 5) is 11.7. The molecule has 0 saturated carbocycles. The highest BCUT2D eigenvalue weighted by molar-refractivity contribution is 6.32. The van der Waals surface area contributed by atoms with E-state index in [-0.39, 0.29) is 16.7 Å². The zero-order valence-corrected chi connectivity index (χ0v) is 10.1. The Morgan fingerprint density at radius 2 is 2.35 bits per heavy atom. The van der Waals surface area contributed by atoms with Gasteiger partial charge in [0.25, 0.3) is 0 Å². The lowest BCUT2D eigenvalue weighted by molar-refractivity contribution is -0.116. The third-order valence-electron chi connectivity index (χ3n) is 2.79.